The van der Waals surface area contributed by atoms with Gasteiger partial charge >= 0.3 is 5.97 Å². The van der Waals surface area contributed by atoms with E-state index in [0.29, 0.717) is 24.3 Å². The number of esters is 1. The van der Waals surface area contributed by atoms with E-state index in [9.17, 15) is 9.59 Å². The van der Waals surface area contributed by atoms with Gasteiger partial charge in [-0.05, 0) is 53.2 Å². The number of rotatable bonds is 8. The summed E-state index contributed by atoms with van der Waals surface area (Å²) >= 11 is 5.36. The highest BCUT2D eigenvalue weighted by Gasteiger charge is 2.20. The summed E-state index contributed by atoms with van der Waals surface area (Å²) < 4.78 is 10.9. The van der Waals surface area contributed by atoms with Crippen LogP contribution in [0.5, 0.6) is 5.75 Å². The van der Waals surface area contributed by atoms with Crippen molar-refractivity contribution in [2.24, 2.45) is 0 Å². The van der Waals surface area contributed by atoms with E-state index in [1.807, 2.05) is 60.7 Å². The number of hydrogen-bond donors (Lipinski definition) is 3. The van der Waals surface area contributed by atoms with Crippen molar-refractivity contribution in [1.29, 1.82) is 0 Å². The Morgan fingerprint density at radius 1 is 0.917 bits per heavy atom. The molecule has 1 heterocycles. The van der Waals surface area contributed by atoms with E-state index in [4.69, 9.17) is 21.7 Å². The number of H-pyrrole nitrogens is 1. The van der Waals surface area contributed by atoms with Gasteiger partial charge < -0.3 is 19.8 Å². The molecule has 8 heteroatoms. The highest BCUT2D eigenvalue weighted by atomic mass is 32.1. The Labute approximate surface area is 214 Å². The molecule has 0 saturated carbocycles. The minimum Gasteiger partial charge on any atom is -0.489 e. The molecule has 0 aliphatic rings. The molecule has 0 aliphatic heterocycles. The highest BCUT2D eigenvalue weighted by Crippen LogP contribution is 2.26. The van der Waals surface area contributed by atoms with Crippen molar-refractivity contribution in [3.8, 4) is 5.75 Å². The van der Waals surface area contributed by atoms with Gasteiger partial charge in [0.2, 0.25) is 0 Å². The molecular weight excluding hydrogens is 474 g/mol. The number of carbonyl (C=O) groups excluding carboxylic acids is 2. The van der Waals surface area contributed by atoms with Gasteiger partial charge in [0.05, 0.1) is 12.8 Å². The van der Waals surface area contributed by atoms with E-state index >= 15 is 0 Å². The molecule has 36 heavy (non-hydrogen) atoms. The molecule has 0 saturated heterocycles. The number of hydrogen-bond acceptors (Lipinski definition) is 5. The first-order valence-corrected chi connectivity index (χ1v) is 11.7. The normalized spacial score (nSPS) is 10.4. The van der Waals surface area contributed by atoms with Crippen molar-refractivity contribution in [3.63, 3.8) is 0 Å². The zero-order valence-electron chi connectivity index (χ0n) is 19.6. The van der Waals surface area contributed by atoms with Crippen molar-refractivity contribution in [2.45, 2.75) is 13.0 Å². The molecule has 1 aromatic heterocycles. The van der Waals surface area contributed by atoms with Gasteiger partial charge in [0.1, 0.15) is 18.1 Å². The lowest BCUT2D eigenvalue weighted by Gasteiger charge is -2.13. The van der Waals surface area contributed by atoms with Gasteiger partial charge in [0.25, 0.3) is 5.91 Å². The van der Waals surface area contributed by atoms with E-state index in [0.717, 1.165) is 22.4 Å². The smallest absolute Gasteiger partial charge is 0.356 e. The van der Waals surface area contributed by atoms with Gasteiger partial charge in [0.15, 0.2) is 5.11 Å². The van der Waals surface area contributed by atoms with Gasteiger partial charge in [-0.1, -0.05) is 60.7 Å². The van der Waals surface area contributed by atoms with Crippen molar-refractivity contribution in [2.75, 3.05) is 12.4 Å². The lowest BCUT2D eigenvalue weighted by atomic mass is 10.1. The molecule has 3 aromatic carbocycles. The number of thiocarbonyl (C=S) groups is 1. The Morgan fingerprint density at radius 2 is 1.61 bits per heavy atom. The van der Waals surface area contributed by atoms with Crippen LogP contribution in [0.1, 0.15) is 37.5 Å². The number of anilines is 1. The third kappa shape index (κ3) is 6.37. The summed E-state index contributed by atoms with van der Waals surface area (Å²) in [5.41, 5.74) is 3.94. The average molecular weight is 500 g/mol. The second-order valence-corrected chi connectivity index (χ2v) is 8.34. The number of aromatic amines is 1. The Morgan fingerprint density at radius 3 is 2.33 bits per heavy atom. The molecule has 0 spiro atoms. The van der Waals surface area contributed by atoms with E-state index in [1.165, 1.54) is 7.11 Å². The first kappa shape index (κ1) is 24.7. The molecule has 0 aliphatic carbocycles. The molecule has 0 bridgehead atoms. The zero-order chi connectivity index (χ0) is 25.3. The monoisotopic (exact) mass is 499 g/mol. The predicted octanol–water partition coefficient (Wildman–Crippen LogP) is 5.10. The molecule has 0 atom stereocenters. The Bertz CT molecular complexity index is 1350. The molecule has 3 N–H and O–H groups in total. The molecule has 0 fully saturated rings. The van der Waals surface area contributed by atoms with Crippen LogP contribution < -0.4 is 15.4 Å². The second-order valence-electron chi connectivity index (χ2n) is 7.93. The lowest BCUT2D eigenvalue weighted by Crippen LogP contribution is -2.34. The largest absolute Gasteiger partial charge is 0.489 e. The Balaban J connectivity index is 1.49. The van der Waals surface area contributed by atoms with E-state index in [-0.39, 0.29) is 16.7 Å². The van der Waals surface area contributed by atoms with E-state index in [1.54, 1.807) is 30.5 Å². The maximum Gasteiger partial charge on any atom is 0.356 e. The number of methoxy groups -OCH3 is 1. The van der Waals surface area contributed by atoms with Crippen molar-refractivity contribution in [1.82, 2.24) is 10.3 Å². The molecular formula is C28H25N3O4S. The van der Waals surface area contributed by atoms with Gasteiger partial charge in [0, 0.05) is 18.2 Å². The maximum atomic E-state index is 12.5. The van der Waals surface area contributed by atoms with Crippen molar-refractivity contribution < 1.29 is 19.1 Å². The number of ether oxygens (including phenoxy) is 2. The van der Waals surface area contributed by atoms with Gasteiger partial charge in [-0.2, -0.15) is 0 Å². The average Bonchev–Trinajstić information content (AvgIpc) is 3.29. The fourth-order valence-electron chi connectivity index (χ4n) is 3.63. The Kier molecular flexibility index (Phi) is 8.10. The molecule has 0 radical (unpaired) electrons. The van der Waals surface area contributed by atoms with Crippen molar-refractivity contribution >= 4 is 34.9 Å². The summed E-state index contributed by atoms with van der Waals surface area (Å²) in [6, 6.07) is 26.4. The highest BCUT2D eigenvalue weighted by molar-refractivity contribution is 7.80. The standard InChI is InChI=1S/C28H25N3O4S/c1-34-27(33)25-24(30-28(36)31-26(32)21-12-6-3-7-13-21)22(17-29-25)15-20-11-8-14-23(16-20)35-18-19-9-4-2-5-10-19/h2-14,16-17,29H,15,18H2,1H3,(H2,30,31,32,36). The minimum absolute atomic E-state index is 0.0646. The van der Waals surface area contributed by atoms with Gasteiger partial charge in [-0.15, -0.1) is 0 Å². The van der Waals surface area contributed by atoms with Crippen LogP contribution in [0.2, 0.25) is 0 Å². The fourth-order valence-corrected chi connectivity index (χ4v) is 3.82. The zero-order valence-corrected chi connectivity index (χ0v) is 20.4. The Hall–Kier alpha value is -4.43. The molecule has 182 valence electrons. The molecule has 4 aromatic rings. The van der Waals surface area contributed by atoms with Gasteiger partial charge in [-0.25, -0.2) is 4.79 Å². The number of aromatic nitrogens is 1. The molecule has 0 unspecified atom stereocenters. The van der Waals surface area contributed by atoms with Crippen LogP contribution in [0, 0.1) is 0 Å². The summed E-state index contributed by atoms with van der Waals surface area (Å²) in [6.07, 6.45) is 2.20. The van der Waals surface area contributed by atoms with Crippen LogP contribution in [0.15, 0.2) is 91.1 Å². The number of carbonyl (C=O) groups is 2. The summed E-state index contributed by atoms with van der Waals surface area (Å²) in [6.45, 7) is 0.461. The lowest BCUT2D eigenvalue weighted by molar-refractivity contribution is 0.0596. The summed E-state index contributed by atoms with van der Waals surface area (Å²) in [5.74, 6) is -0.172. The number of benzene rings is 3. The van der Waals surface area contributed by atoms with Crippen LogP contribution in [0.4, 0.5) is 5.69 Å². The third-order valence-corrected chi connectivity index (χ3v) is 5.60. The SMILES string of the molecule is COC(=O)c1[nH]cc(Cc2cccc(OCc3ccccc3)c2)c1NC(=S)NC(=O)c1ccccc1. The first-order valence-electron chi connectivity index (χ1n) is 11.2. The van der Waals surface area contributed by atoms with Crippen LogP contribution >= 0.6 is 12.2 Å². The summed E-state index contributed by atoms with van der Waals surface area (Å²) in [5, 5.41) is 5.70. The topological polar surface area (TPSA) is 92.5 Å². The van der Waals surface area contributed by atoms with Crippen molar-refractivity contribution in [3.05, 3.63) is 119 Å². The van der Waals surface area contributed by atoms with Crippen LogP contribution in [0.25, 0.3) is 0 Å². The fraction of sp³-hybridized carbons (Fsp3) is 0.107. The number of nitrogens with one attached hydrogen (secondary N) is 3. The van der Waals surface area contributed by atoms with Gasteiger partial charge in [-0.3, -0.25) is 10.1 Å². The van der Waals surface area contributed by atoms with E-state index in [2.05, 4.69) is 15.6 Å². The van der Waals surface area contributed by atoms with Crippen LogP contribution in [0.3, 0.4) is 0 Å². The molecule has 4 rings (SSSR count). The van der Waals surface area contributed by atoms with Crippen LogP contribution in [-0.4, -0.2) is 29.1 Å². The second kappa shape index (κ2) is 11.8. The van der Waals surface area contributed by atoms with E-state index < -0.39 is 5.97 Å². The number of amides is 1. The third-order valence-electron chi connectivity index (χ3n) is 5.39. The molecule has 7 nitrogen and oxygen atoms in total. The predicted molar refractivity (Wildman–Crippen MR) is 142 cm³/mol. The maximum absolute atomic E-state index is 12.5. The minimum atomic E-state index is -0.555. The quantitative estimate of drug-likeness (QED) is 0.231. The first-order chi connectivity index (χ1) is 17.5. The summed E-state index contributed by atoms with van der Waals surface area (Å²) in [7, 11) is 1.30. The molecule has 1 amide bonds. The van der Waals surface area contributed by atoms with Crippen LogP contribution in [-0.2, 0) is 17.8 Å². The summed E-state index contributed by atoms with van der Waals surface area (Å²) in [4.78, 5) is 27.8.